The highest BCUT2D eigenvalue weighted by Gasteiger charge is 2.39. The third-order valence-corrected chi connectivity index (χ3v) is 12.2. The summed E-state index contributed by atoms with van der Waals surface area (Å²) < 4.78 is 16.1. The Morgan fingerprint density at radius 2 is 1.52 bits per heavy atom. The number of methoxy groups -OCH3 is 2. The van der Waals surface area contributed by atoms with Gasteiger partial charge in [0, 0.05) is 24.0 Å². The lowest BCUT2D eigenvalue weighted by atomic mass is 9.92. The Bertz CT molecular complexity index is 2660. The zero-order valence-corrected chi connectivity index (χ0v) is 34.5. The predicted molar refractivity (Wildman–Crippen MR) is 227 cm³/mol. The van der Waals surface area contributed by atoms with Crippen molar-refractivity contribution in [1.29, 1.82) is 0 Å². The number of carbonyl (C=O) groups is 4. The van der Waals surface area contributed by atoms with Crippen LogP contribution >= 0.6 is 0 Å². The molecule has 4 amide bonds. The number of H-pyrrole nitrogens is 2. The minimum Gasteiger partial charge on any atom is -0.488 e. The van der Waals surface area contributed by atoms with Gasteiger partial charge in [-0.05, 0) is 83.5 Å². The van der Waals surface area contributed by atoms with Crippen LogP contribution in [0.5, 0.6) is 5.75 Å². The van der Waals surface area contributed by atoms with E-state index in [2.05, 4.69) is 57.0 Å². The molecule has 6 aromatic rings. The molecule has 314 valence electrons. The molecule has 4 N–H and O–H groups in total. The first-order chi connectivity index (χ1) is 29.6. The normalized spacial score (nSPS) is 18.0. The van der Waals surface area contributed by atoms with E-state index in [0.717, 1.165) is 81.2 Å². The molecule has 0 bridgehead atoms. The van der Waals surface area contributed by atoms with Gasteiger partial charge in [-0.25, -0.2) is 19.6 Å². The van der Waals surface area contributed by atoms with E-state index in [1.165, 1.54) is 14.2 Å². The Hall–Kier alpha value is -6.90. The van der Waals surface area contributed by atoms with Crippen LogP contribution in [0.1, 0.15) is 80.4 Å². The van der Waals surface area contributed by atoms with Gasteiger partial charge in [-0.2, -0.15) is 0 Å². The topological polar surface area (TPSA) is 184 Å². The van der Waals surface area contributed by atoms with E-state index in [-0.39, 0.29) is 29.8 Å². The lowest BCUT2D eigenvalue weighted by Gasteiger charge is -2.29. The van der Waals surface area contributed by atoms with E-state index >= 15 is 0 Å². The van der Waals surface area contributed by atoms with Crippen molar-refractivity contribution >= 4 is 45.8 Å². The molecule has 0 saturated carbocycles. The van der Waals surface area contributed by atoms with Crippen molar-refractivity contribution in [1.82, 2.24) is 40.4 Å². The molecule has 4 atom stereocenters. The van der Waals surface area contributed by atoms with Crippen molar-refractivity contribution in [2.75, 3.05) is 27.3 Å². The highest BCUT2D eigenvalue weighted by molar-refractivity contribution is 6.07. The molecule has 4 aromatic carbocycles. The number of amides is 4. The van der Waals surface area contributed by atoms with Crippen LogP contribution in [0.3, 0.4) is 0 Å². The summed E-state index contributed by atoms with van der Waals surface area (Å²) in [6.45, 7) is 5.29. The summed E-state index contributed by atoms with van der Waals surface area (Å²) in [5.41, 5.74) is 7.22. The summed E-state index contributed by atoms with van der Waals surface area (Å²) in [6.07, 6.45) is 3.62. The number of likely N-dealkylation sites (tertiary alicyclic amines) is 2. The van der Waals surface area contributed by atoms with Crippen LogP contribution in [0.4, 0.5) is 9.59 Å². The number of hydrogen-bond acceptors (Lipinski definition) is 9. The van der Waals surface area contributed by atoms with E-state index in [9.17, 15) is 19.2 Å². The van der Waals surface area contributed by atoms with Crippen molar-refractivity contribution in [3.05, 3.63) is 102 Å². The molecule has 15 heteroatoms. The van der Waals surface area contributed by atoms with Crippen molar-refractivity contribution < 1.29 is 33.4 Å². The number of nitrogens with one attached hydrogen (secondary N) is 4. The zero-order chi connectivity index (χ0) is 42.4. The number of benzene rings is 4. The van der Waals surface area contributed by atoms with Gasteiger partial charge in [0.1, 0.15) is 36.1 Å². The van der Waals surface area contributed by atoms with Crippen molar-refractivity contribution in [2.45, 2.75) is 70.3 Å². The number of imidazole rings is 2. The number of aromatic nitrogens is 4. The van der Waals surface area contributed by atoms with Gasteiger partial charge in [0.2, 0.25) is 5.91 Å². The second-order valence-corrected chi connectivity index (χ2v) is 16.2. The Kier molecular flexibility index (Phi) is 10.6. The van der Waals surface area contributed by atoms with E-state index in [1.54, 1.807) is 11.1 Å². The smallest absolute Gasteiger partial charge is 0.407 e. The average molecular weight is 825 g/mol. The van der Waals surface area contributed by atoms with Gasteiger partial charge in [-0.3, -0.25) is 9.59 Å². The Balaban J connectivity index is 0.954. The highest BCUT2D eigenvalue weighted by atomic mass is 16.5. The minimum absolute atomic E-state index is 0.126. The van der Waals surface area contributed by atoms with E-state index in [4.69, 9.17) is 24.2 Å². The van der Waals surface area contributed by atoms with Gasteiger partial charge in [0.15, 0.2) is 0 Å². The SMILES string of the molecule is COC(=O)NC(C(=O)N1CCCC1c1ncc(-c2ccc3c(c2)COc2cc4c(ccc5[nH]c(C6CCCN6C(=O)C(NC(=O)OC)C(C)C)nc54)cc2-3)[nH]1)c1ccccc1. The summed E-state index contributed by atoms with van der Waals surface area (Å²) in [6, 6.07) is 21.6. The lowest BCUT2D eigenvalue weighted by molar-refractivity contribution is -0.135. The number of nitrogens with zero attached hydrogens (tertiary/aromatic N) is 4. The van der Waals surface area contributed by atoms with Gasteiger partial charge >= 0.3 is 12.2 Å². The largest absolute Gasteiger partial charge is 0.488 e. The molecule has 2 aromatic heterocycles. The van der Waals surface area contributed by atoms with Gasteiger partial charge in [-0.1, -0.05) is 62.4 Å². The van der Waals surface area contributed by atoms with E-state index in [0.29, 0.717) is 36.9 Å². The quantitative estimate of drug-likeness (QED) is 0.115. The molecule has 3 aliphatic rings. The second-order valence-electron chi connectivity index (χ2n) is 16.2. The van der Waals surface area contributed by atoms with Crippen LogP contribution in [0.25, 0.3) is 44.2 Å². The van der Waals surface area contributed by atoms with Crippen LogP contribution in [0, 0.1) is 5.92 Å². The minimum atomic E-state index is -0.894. The number of hydrogen-bond donors (Lipinski definition) is 4. The van der Waals surface area contributed by atoms with Crippen LogP contribution in [-0.2, 0) is 25.7 Å². The van der Waals surface area contributed by atoms with Crippen LogP contribution in [0.2, 0.25) is 0 Å². The summed E-state index contributed by atoms with van der Waals surface area (Å²) in [5.74, 6) is 1.67. The number of rotatable bonds is 9. The first kappa shape index (κ1) is 39.6. The highest BCUT2D eigenvalue weighted by Crippen LogP contribution is 2.43. The van der Waals surface area contributed by atoms with Crippen LogP contribution < -0.4 is 15.4 Å². The summed E-state index contributed by atoms with van der Waals surface area (Å²) in [4.78, 5) is 72.5. The molecule has 0 radical (unpaired) electrons. The van der Waals surface area contributed by atoms with E-state index in [1.807, 2.05) is 55.1 Å². The maximum atomic E-state index is 14.0. The number of aromatic amines is 2. The van der Waals surface area contributed by atoms with Gasteiger partial charge < -0.3 is 44.6 Å². The lowest BCUT2D eigenvalue weighted by Crippen LogP contribution is -2.51. The molecule has 0 spiro atoms. The van der Waals surface area contributed by atoms with Gasteiger partial charge in [0.25, 0.3) is 5.91 Å². The summed E-state index contributed by atoms with van der Waals surface area (Å²) >= 11 is 0. The fourth-order valence-electron chi connectivity index (χ4n) is 9.07. The number of carbonyl (C=O) groups excluding carboxylic acids is 4. The van der Waals surface area contributed by atoms with Crippen molar-refractivity contribution in [3.8, 4) is 28.1 Å². The first-order valence-electron chi connectivity index (χ1n) is 20.7. The van der Waals surface area contributed by atoms with Crippen LogP contribution in [-0.4, -0.2) is 87.1 Å². The number of ether oxygens (including phenoxy) is 3. The Morgan fingerprint density at radius 3 is 2.26 bits per heavy atom. The fraction of sp³-hybridized carbons (Fsp3) is 0.348. The first-order valence-corrected chi connectivity index (χ1v) is 20.7. The van der Waals surface area contributed by atoms with Gasteiger partial charge in [0.05, 0.1) is 49.2 Å². The summed E-state index contributed by atoms with van der Waals surface area (Å²) in [7, 11) is 2.57. The molecular weight excluding hydrogens is 777 g/mol. The molecule has 0 aliphatic carbocycles. The third kappa shape index (κ3) is 7.38. The van der Waals surface area contributed by atoms with E-state index < -0.39 is 24.3 Å². The fourth-order valence-corrected chi connectivity index (χ4v) is 9.07. The standard InChI is InChI=1S/C46H48N8O7/c1-25(2)38(51-45(57)59-3)43(55)54-19-9-13-36(54)42-48-33-17-15-27-21-32-30-16-14-28(20-29(30)24-61-37(32)22-31(27)40(33)50-42)34-23-47-41(49-34)35-12-8-18-53(35)44(56)39(52-46(58)60-4)26-10-6-5-7-11-26/h5-7,10-11,14-17,20-23,25,35-36,38-39H,8-9,12-13,18-19,24H2,1-4H3,(H,47,49)(H,48,50)(H,51,57)(H,52,58). The molecule has 2 fully saturated rings. The average Bonchev–Trinajstić information content (AvgIpc) is 4.13. The number of alkyl carbamates (subject to hydrolysis) is 2. The third-order valence-electron chi connectivity index (χ3n) is 12.2. The van der Waals surface area contributed by atoms with Crippen molar-refractivity contribution in [3.63, 3.8) is 0 Å². The van der Waals surface area contributed by atoms with Gasteiger partial charge in [-0.15, -0.1) is 0 Å². The van der Waals surface area contributed by atoms with Crippen molar-refractivity contribution in [2.24, 2.45) is 5.92 Å². The molecular formula is C46H48N8O7. The second kappa shape index (κ2) is 16.3. The zero-order valence-electron chi connectivity index (χ0n) is 34.5. The predicted octanol–water partition coefficient (Wildman–Crippen LogP) is 7.47. The molecule has 2 saturated heterocycles. The maximum absolute atomic E-state index is 14.0. The number of fused-ring (bicyclic) bond motifs is 6. The molecule has 15 nitrogen and oxygen atoms in total. The Labute approximate surface area is 352 Å². The molecule has 4 unspecified atom stereocenters. The Morgan fingerprint density at radius 1 is 0.803 bits per heavy atom. The monoisotopic (exact) mass is 824 g/mol. The molecule has 5 heterocycles. The molecule has 9 rings (SSSR count). The maximum Gasteiger partial charge on any atom is 0.407 e. The summed E-state index contributed by atoms with van der Waals surface area (Å²) in [5, 5.41) is 7.39. The van der Waals surface area contributed by atoms with Crippen LogP contribution in [0.15, 0.2) is 79.0 Å². The molecule has 3 aliphatic heterocycles. The molecule has 61 heavy (non-hydrogen) atoms.